The lowest BCUT2D eigenvalue weighted by molar-refractivity contribution is 0.155. The first kappa shape index (κ1) is 14.4. The summed E-state index contributed by atoms with van der Waals surface area (Å²) in [6.07, 6.45) is 7.36. The molecule has 0 aromatic carbocycles. The van der Waals surface area contributed by atoms with Crippen molar-refractivity contribution in [2.75, 3.05) is 13.1 Å². The third kappa shape index (κ3) is 4.64. The van der Waals surface area contributed by atoms with Crippen molar-refractivity contribution in [3.63, 3.8) is 0 Å². The predicted molar refractivity (Wildman–Crippen MR) is 63.0 cm³/mol. The number of piperidine rings is 1. The van der Waals surface area contributed by atoms with Crippen LogP contribution in [0.4, 0.5) is 0 Å². The first-order valence-corrected chi connectivity index (χ1v) is 4.58. The van der Waals surface area contributed by atoms with Crippen molar-refractivity contribution < 1.29 is 4.74 Å². The molecule has 2 rings (SSSR count). The molecule has 1 aromatic heterocycles. The van der Waals surface area contributed by atoms with Gasteiger partial charge in [0, 0.05) is 12.4 Å². The summed E-state index contributed by atoms with van der Waals surface area (Å²) in [5, 5.41) is 3.28. The predicted octanol–water partition coefficient (Wildman–Crippen LogP) is 1.45. The molecule has 1 aliphatic rings. The molecule has 6 heteroatoms. The summed E-state index contributed by atoms with van der Waals surface area (Å²) in [5.74, 6) is 0.634. The Morgan fingerprint density at radius 1 is 1.20 bits per heavy atom. The van der Waals surface area contributed by atoms with Crippen molar-refractivity contribution >= 4 is 24.8 Å². The maximum absolute atomic E-state index is 5.64. The molecule has 0 aliphatic carbocycles. The Hall–Kier alpha value is -0.580. The van der Waals surface area contributed by atoms with E-state index in [0.29, 0.717) is 12.0 Å². The van der Waals surface area contributed by atoms with Crippen LogP contribution in [0.15, 0.2) is 18.6 Å². The molecule has 4 nitrogen and oxygen atoms in total. The van der Waals surface area contributed by atoms with E-state index >= 15 is 0 Å². The zero-order chi connectivity index (χ0) is 8.93. The number of aromatic nitrogens is 2. The average molecular weight is 252 g/mol. The fourth-order valence-corrected chi connectivity index (χ4v) is 1.43. The van der Waals surface area contributed by atoms with Gasteiger partial charge in [-0.05, 0) is 25.9 Å². The van der Waals surface area contributed by atoms with Crippen molar-refractivity contribution in [1.29, 1.82) is 0 Å². The Kier molecular flexibility index (Phi) is 7.38. The van der Waals surface area contributed by atoms with Gasteiger partial charge >= 0.3 is 0 Å². The van der Waals surface area contributed by atoms with Crippen LogP contribution in [-0.4, -0.2) is 29.2 Å². The zero-order valence-corrected chi connectivity index (χ0v) is 9.89. The van der Waals surface area contributed by atoms with Crippen molar-refractivity contribution in [3.8, 4) is 5.88 Å². The Balaban J connectivity index is 0.000000980. The number of hydrogen-bond acceptors (Lipinski definition) is 4. The van der Waals surface area contributed by atoms with Gasteiger partial charge in [-0.3, -0.25) is 4.98 Å². The third-order valence-electron chi connectivity index (χ3n) is 2.11. The average Bonchev–Trinajstić information content (AvgIpc) is 2.21. The molecule has 0 bridgehead atoms. The summed E-state index contributed by atoms with van der Waals surface area (Å²) in [4.78, 5) is 8.01. The minimum atomic E-state index is 0. The molecule has 0 spiro atoms. The Morgan fingerprint density at radius 3 is 2.53 bits per heavy atom. The molecule has 0 amide bonds. The van der Waals surface area contributed by atoms with Gasteiger partial charge in [0.1, 0.15) is 6.10 Å². The summed E-state index contributed by atoms with van der Waals surface area (Å²) in [6, 6.07) is 0. The zero-order valence-electron chi connectivity index (χ0n) is 8.26. The first-order valence-electron chi connectivity index (χ1n) is 4.58. The van der Waals surface area contributed by atoms with Crippen molar-refractivity contribution in [3.05, 3.63) is 18.6 Å². The number of rotatable bonds is 2. The van der Waals surface area contributed by atoms with Gasteiger partial charge in [-0.2, -0.15) is 0 Å². The largest absolute Gasteiger partial charge is 0.473 e. The van der Waals surface area contributed by atoms with Crippen LogP contribution in [0.5, 0.6) is 5.88 Å². The minimum absolute atomic E-state index is 0. The van der Waals surface area contributed by atoms with Gasteiger partial charge in [0.05, 0.1) is 6.20 Å². The highest BCUT2D eigenvalue weighted by Crippen LogP contribution is 2.11. The fourth-order valence-electron chi connectivity index (χ4n) is 1.43. The SMILES string of the molecule is Cl.Cl.c1cnc(OC2CCNCC2)cn1. The van der Waals surface area contributed by atoms with Gasteiger partial charge in [0.25, 0.3) is 0 Å². The second kappa shape index (κ2) is 7.68. The van der Waals surface area contributed by atoms with Crippen LogP contribution in [-0.2, 0) is 0 Å². The molecule has 2 heterocycles. The van der Waals surface area contributed by atoms with Gasteiger partial charge in [-0.1, -0.05) is 0 Å². The smallest absolute Gasteiger partial charge is 0.232 e. The van der Waals surface area contributed by atoms with E-state index < -0.39 is 0 Å². The fraction of sp³-hybridized carbons (Fsp3) is 0.556. The Morgan fingerprint density at radius 2 is 1.93 bits per heavy atom. The quantitative estimate of drug-likeness (QED) is 0.865. The van der Waals surface area contributed by atoms with E-state index in [2.05, 4.69) is 15.3 Å². The van der Waals surface area contributed by atoms with E-state index in [4.69, 9.17) is 4.74 Å². The van der Waals surface area contributed by atoms with Crippen LogP contribution in [0.2, 0.25) is 0 Å². The first-order chi connectivity index (χ1) is 6.45. The van der Waals surface area contributed by atoms with E-state index in [-0.39, 0.29) is 24.8 Å². The molecular formula is C9H15Cl2N3O. The molecule has 86 valence electrons. The number of nitrogens with zero attached hydrogens (tertiary/aromatic N) is 2. The van der Waals surface area contributed by atoms with Crippen LogP contribution in [0.3, 0.4) is 0 Å². The molecule has 1 N–H and O–H groups in total. The molecule has 0 saturated carbocycles. The summed E-state index contributed by atoms with van der Waals surface area (Å²) in [6.45, 7) is 2.07. The lowest BCUT2D eigenvalue weighted by atomic mass is 10.1. The highest BCUT2D eigenvalue weighted by Gasteiger charge is 2.14. The summed E-state index contributed by atoms with van der Waals surface area (Å²) >= 11 is 0. The summed E-state index contributed by atoms with van der Waals surface area (Å²) in [7, 11) is 0. The normalized spacial score (nSPS) is 16.0. The number of halogens is 2. The lowest BCUT2D eigenvalue weighted by Gasteiger charge is -2.22. The third-order valence-corrected chi connectivity index (χ3v) is 2.11. The highest BCUT2D eigenvalue weighted by atomic mass is 35.5. The van der Waals surface area contributed by atoms with Crippen LogP contribution in [0.25, 0.3) is 0 Å². The van der Waals surface area contributed by atoms with Gasteiger partial charge in [-0.25, -0.2) is 4.98 Å². The van der Waals surface area contributed by atoms with Crippen molar-refractivity contribution in [1.82, 2.24) is 15.3 Å². The lowest BCUT2D eigenvalue weighted by Crippen LogP contribution is -2.34. The number of nitrogens with one attached hydrogen (secondary N) is 1. The topological polar surface area (TPSA) is 47.0 Å². The van der Waals surface area contributed by atoms with Gasteiger partial charge in [0.15, 0.2) is 0 Å². The van der Waals surface area contributed by atoms with E-state index in [1.165, 1.54) is 0 Å². The number of hydrogen-bond donors (Lipinski definition) is 1. The number of ether oxygens (including phenoxy) is 1. The second-order valence-electron chi connectivity index (χ2n) is 3.11. The van der Waals surface area contributed by atoms with Crippen LogP contribution in [0.1, 0.15) is 12.8 Å². The monoisotopic (exact) mass is 251 g/mol. The maximum atomic E-state index is 5.64. The molecule has 1 saturated heterocycles. The standard InChI is InChI=1S/C9H13N3O.2ClH/c1-3-10-4-2-8(1)13-9-7-11-5-6-12-9;;/h5-8,10H,1-4H2;2*1H. The van der Waals surface area contributed by atoms with Gasteiger partial charge < -0.3 is 10.1 Å². The molecule has 1 aromatic rings. The molecule has 0 atom stereocenters. The Labute approximate surface area is 102 Å². The molecule has 1 aliphatic heterocycles. The summed E-state index contributed by atoms with van der Waals surface area (Å²) in [5.41, 5.74) is 0. The minimum Gasteiger partial charge on any atom is -0.473 e. The van der Waals surface area contributed by atoms with Crippen LogP contribution in [0, 0.1) is 0 Å². The van der Waals surface area contributed by atoms with E-state index in [1.807, 2.05) is 0 Å². The van der Waals surface area contributed by atoms with E-state index in [0.717, 1.165) is 25.9 Å². The van der Waals surface area contributed by atoms with Crippen LogP contribution < -0.4 is 10.1 Å². The highest BCUT2D eigenvalue weighted by molar-refractivity contribution is 5.85. The van der Waals surface area contributed by atoms with E-state index in [1.54, 1.807) is 18.6 Å². The van der Waals surface area contributed by atoms with Gasteiger partial charge in [-0.15, -0.1) is 24.8 Å². The summed E-state index contributed by atoms with van der Waals surface area (Å²) < 4.78 is 5.64. The van der Waals surface area contributed by atoms with Crippen molar-refractivity contribution in [2.45, 2.75) is 18.9 Å². The molecule has 1 fully saturated rings. The van der Waals surface area contributed by atoms with Crippen LogP contribution >= 0.6 is 24.8 Å². The van der Waals surface area contributed by atoms with Crippen molar-refractivity contribution in [2.24, 2.45) is 0 Å². The van der Waals surface area contributed by atoms with E-state index in [9.17, 15) is 0 Å². The van der Waals surface area contributed by atoms with Gasteiger partial charge in [0.2, 0.25) is 5.88 Å². The molecule has 15 heavy (non-hydrogen) atoms. The maximum Gasteiger partial charge on any atom is 0.232 e. The Bertz CT molecular complexity index is 255. The second-order valence-corrected chi connectivity index (χ2v) is 3.11. The molecule has 0 unspecified atom stereocenters. The molecule has 0 radical (unpaired) electrons. The molecular weight excluding hydrogens is 237 g/mol.